The van der Waals surface area contributed by atoms with Gasteiger partial charge in [0.15, 0.2) is 0 Å². The van der Waals surface area contributed by atoms with Gasteiger partial charge in [-0.05, 0) is 38.4 Å². The van der Waals surface area contributed by atoms with E-state index in [0.717, 1.165) is 44.5 Å². The Bertz CT molecular complexity index is 476. The molecule has 0 aliphatic carbocycles. The number of amides is 1. The Morgan fingerprint density at radius 3 is 2.85 bits per heavy atom. The fourth-order valence-electron chi connectivity index (χ4n) is 3.09. The number of rotatable bonds is 2. The van der Waals surface area contributed by atoms with Crippen molar-refractivity contribution in [3.63, 3.8) is 0 Å². The highest BCUT2D eigenvalue weighted by Crippen LogP contribution is 2.32. The lowest BCUT2D eigenvalue weighted by atomic mass is 9.95. The number of hydrogen-bond acceptors (Lipinski definition) is 3. The summed E-state index contributed by atoms with van der Waals surface area (Å²) in [4.78, 5) is 14.0. The molecular weight excluding hydrogens is 252 g/mol. The van der Waals surface area contributed by atoms with Crippen LogP contribution in [0, 0.1) is 6.92 Å². The lowest BCUT2D eigenvalue weighted by molar-refractivity contribution is 0.0469. The van der Waals surface area contributed by atoms with Crippen molar-refractivity contribution >= 4 is 6.09 Å². The van der Waals surface area contributed by atoms with Gasteiger partial charge in [-0.1, -0.05) is 29.8 Å². The molecule has 0 saturated carbocycles. The molecule has 3 rings (SSSR count). The minimum atomic E-state index is -0.259. The Kier molecular flexibility index (Phi) is 3.66. The van der Waals surface area contributed by atoms with E-state index in [1.807, 2.05) is 4.90 Å². The van der Waals surface area contributed by atoms with Crippen LogP contribution in [0.2, 0.25) is 0 Å². The molecule has 1 atom stereocenters. The van der Waals surface area contributed by atoms with Crippen LogP contribution in [0.15, 0.2) is 24.3 Å². The Morgan fingerprint density at radius 1 is 1.25 bits per heavy atom. The first kappa shape index (κ1) is 13.4. The van der Waals surface area contributed by atoms with E-state index in [4.69, 9.17) is 4.74 Å². The first-order chi connectivity index (χ1) is 9.67. The van der Waals surface area contributed by atoms with Crippen LogP contribution in [0.4, 0.5) is 4.79 Å². The molecule has 1 N–H and O–H groups in total. The van der Waals surface area contributed by atoms with Gasteiger partial charge in [0, 0.05) is 13.0 Å². The summed E-state index contributed by atoms with van der Waals surface area (Å²) in [6.45, 7) is 5.40. The number of hydrogen-bond donors (Lipinski definition) is 1. The number of carbonyl (C=O) groups is 1. The number of carbonyl (C=O) groups excluding carboxylic acids is 1. The summed E-state index contributed by atoms with van der Waals surface area (Å²) in [6.07, 6.45) is 2.80. The fourth-order valence-corrected chi connectivity index (χ4v) is 3.09. The third-order valence-electron chi connectivity index (χ3n) is 4.28. The summed E-state index contributed by atoms with van der Waals surface area (Å²) in [7, 11) is 0. The van der Waals surface area contributed by atoms with Gasteiger partial charge in [0.05, 0.1) is 6.54 Å². The van der Waals surface area contributed by atoms with Crippen LogP contribution in [-0.4, -0.2) is 36.2 Å². The van der Waals surface area contributed by atoms with Crippen molar-refractivity contribution in [3.05, 3.63) is 35.4 Å². The average molecular weight is 274 g/mol. The van der Waals surface area contributed by atoms with E-state index in [-0.39, 0.29) is 11.7 Å². The summed E-state index contributed by atoms with van der Waals surface area (Å²) in [5.41, 5.74) is 2.14. The number of nitrogens with one attached hydrogen (secondary N) is 1. The molecule has 0 bridgehead atoms. The van der Waals surface area contributed by atoms with E-state index < -0.39 is 0 Å². The summed E-state index contributed by atoms with van der Waals surface area (Å²) < 4.78 is 5.73. The monoisotopic (exact) mass is 274 g/mol. The van der Waals surface area contributed by atoms with Gasteiger partial charge in [-0.3, -0.25) is 4.90 Å². The predicted octanol–water partition coefficient (Wildman–Crippen LogP) is 2.46. The maximum atomic E-state index is 12.1. The highest BCUT2D eigenvalue weighted by molar-refractivity contribution is 5.70. The lowest BCUT2D eigenvalue weighted by Gasteiger charge is -2.24. The molecule has 108 valence electrons. The van der Waals surface area contributed by atoms with Gasteiger partial charge in [-0.2, -0.15) is 0 Å². The highest BCUT2D eigenvalue weighted by atomic mass is 16.6. The second-order valence-electron chi connectivity index (χ2n) is 6.00. The normalized spacial score (nSPS) is 26.6. The van der Waals surface area contributed by atoms with Crippen LogP contribution in [0.25, 0.3) is 0 Å². The number of aryl methyl sites for hydroxylation is 1. The lowest BCUT2D eigenvalue weighted by Crippen LogP contribution is -2.35. The summed E-state index contributed by atoms with van der Waals surface area (Å²) in [6, 6.07) is 8.34. The summed E-state index contributed by atoms with van der Waals surface area (Å²) in [5.74, 6) is 0. The van der Waals surface area contributed by atoms with Crippen LogP contribution in [0.3, 0.4) is 0 Å². The minimum Gasteiger partial charge on any atom is -0.441 e. The first-order valence-electron chi connectivity index (χ1n) is 7.41. The number of ether oxygens (including phenoxy) is 1. The zero-order valence-corrected chi connectivity index (χ0v) is 12.0. The van der Waals surface area contributed by atoms with Gasteiger partial charge in [-0.25, -0.2) is 4.79 Å². The zero-order valence-electron chi connectivity index (χ0n) is 12.0. The van der Waals surface area contributed by atoms with E-state index in [1.165, 1.54) is 5.56 Å². The minimum absolute atomic E-state index is 0.160. The van der Waals surface area contributed by atoms with Crippen molar-refractivity contribution in [3.8, 4) is 0 Å². The van der Waals surface area contributed by atoms with Crippen LogP contribution in [0.5, 0.6) is 0 Å². The third-order valence-corrected chi connectivity index (χ3v) is 4.28. The fraction of sp³-hybridized carbons (Fsp3) is 0.562. The van der Waals surface area contributed by atoms with Gasteiger partial charge in [0.25, 0.3) is 0 Å². The van der Waals surface area contributed by atoms with E-state index in [1.54, 1.807) is 0 Å². The van der Waals surface area contributed by atoms with Gasteiger partial charge in [0.1, 0.15) is 5.60 Å². The van der Waals surface area contributed by atoms with Crippen LogP contribution in [-0.2, 0) is 11.3 Å². The molecule has 2 aliphatic rings. The Hall–Kier alpha value is -1.55. The molecule has 1 spiro atoms. The predicted molar refractivity (Wildman–Crippen MR) is 77.5 cm³/mol. The van der Waals surface area contributed by atoms with E-state index in [0.29, 0.717) is 6.54 Å². The molecule has 1 aromatic rings. The molecule has 1 unspecified atom stereocenters. The Balaban J connectivity index is 1.68. The number of benzene rings is 1. The smallest absolute Gasteiger partial charge is 0.410 e. The first-order valence-corrected chi connectivity index (χ1v) is 7.41. The van der Waals surface area contributed by atoms with Gasteiger partial charge in [0.2, 0.25) is 0 Å². The molecule has 4 nitrogen and oxygen atoms in total. The van der Waals surface area contributed by atoms with Crippen molar-refractivity contribution in [2.45, 2.75) is 38.3 Å². The van der Waals surface area contributed by atoms with Crippen molar-refractivity contribution in [2.75, 3.05) is 19.6 Å². The van der Waals surface area contributed by atoms with Gasteiger partial charge < -0.3 is 10.1 Å². The Morgan fingerprint density at radius 2 is 2.05 bits per heavy atom. The molecule has 2 fully saturated rings. The van der Waals surface area contributed by atoms with Crippen molar-refractivity contribution < 1.29 is 9.53 Å². The molecule has 0 aromatic heterocycles. The molecule has 1 aromatic carbocycles. The molecule has 2 aliphatic heterocycles. The van der Waals surface area contributed by atoms with Crippen molar-refractivity contribution in [1.29, 1.82) is 0 Å². The second kappa shape index (κ2) is 5.44. The van der Waals surface area contributed by atoms with Crippen molar-refractivity contribution in [2.24, 2.45) is 0 Å². The van der Waals surface area contributed by atoms with Crippen LogP contribution < -0.4 is 5.32 Å². The molecule has 0 radical (unpaired) electrons. The molecule has 1 amide bonds. The van der Waals surface area contributed by atoms with Gasteiger partial charge in [-0.15, -0.1) is 0 Å². The average Bonchev–Trinajstić information content (AvgIpc) is 2.61. The topological polar surface area (TPSA) is 41.6 Å². The standard InChI is InChI=1S/C16H22N2O2/c1-13-3-5-14(6-4-13)11-18-12-16(20-15(18)19)7-2-9-17-10-8-16/h3-6,17H,2,7-12H2,1H3. The molecule has 2 saturated heterocycles. The quantitative estimate of drug-likeness (QED) is 0.900. The summed E-state index contributed by atoms with van der Waals surface area (Å²) in [5, 5.41) is 3.37. The summed E-state index contributed by atoms with van der Waals surface area (Å²) >= 11 is 0. The maximum Gasteiger partial charge on any atom is 0.410 e. The molecule has 4 heteroatoms. The molecule has 2 heterocycles. The third kappa shape index (κ3) is 2.80. The SMILES string of the molecule is Cc1ccc(CN2CC3(CCCNCC3)OC2=O)cc1. The highest BCUT2D eigenvalue weighted by Gasteiger charge is 2.44. The zero-order chi connectivity index (χ0) is 14.0. The van der Waals surface area contributed by atoms with Crippen LogP contribution in [0.1, 0.15) is 30.4 Å². The maximum absolute atomic E-state index is 12.1. The van der Waals surface area contributed by atoms with E-state index in [2.05, 4.69) is 36.5 Å². The second-order valence-corrected chi connectivity index (χ2v) is 6.00. The van der Waals surface area contributed by atoms with Crippen LogP contribution >= 0.6 is 0 Å². The van der Waals surface area contributed by atoms with E-state index >= 15 is 0 Å². The van der Waals surface area contributed by atoms with Crippen molar-refractivity contribution in [1.82, 2.24) is 10.2 Å². The van der Waals surface area contributed by atoms with Gasteiger partial charge >= 0.3 is 6.09 Å². The molecular formula is C16H22N2O2. The van der Waals surface area contributed by atoms with E-state index in [9.17, 15) is 4.79 Å². The number of nitrogens with zero attached hydrogens (tertiary/aromatic N) is 1. The molecule has 20 heavy (non-hydrogen) atoms. The Labute approximate surface area is 120 Å². The largest absolute Gasteiger partial charge is 0.441 e.